The third-order valence-corrected chi connectivity index (χ3v) is 6.58. The second-order valence-electron chi connectivity index (χ2n) is 7.95. The molecule has 5 aromatic heterocycles. The molecule has 1 amide bonds. The lowest BCUT2D eigenvalue weighted by Crippen LogP contribution is -2.09. The number of anilines is 1. The fraction of sp³-hybridized carbons (Fsp3) is 0.0800. The number of nitrogens with zero attached hydrogens (tertiary/aromatic N) is 4. The summed E-state index contributed by atoms with van der Waals surface area (Å²) in [5.41, 5.74) is 5.93. The molecule has 0 saturated carbocycles. The van der Waals surface area contributed by atoms with Crippen LogP contribution in [0.2, 0.25) is 0 Å². The summed E-state index contributed by atoms with van der Waals surface area (Å²) >= 11 is 1.09. The van der Waals surface area contributed by atoms with Gasteiger partial charge in [-0.1, -0.05) is 19.1 Å². The summed E-state index contributed by atoms with van der Waals surface area (Å²) in [4.78, 5) is 29.5. The van der Waals surface area contributed by atoms with E-state index in [1.165, 1.54) is 6.07 Å². The zero-order chi connectivity index (χ0) is 23.9. The van der Waals surface area contributed by atoms with Gasteiger partial charge in [0, 0.05) is 40.4 Å². The maximum atomic E-state index is 13.6. The molecule has 0 aliphatic rings. The molecule has 0 saturated heterocycles. The Morgan fingerprint density at radius 3 is 2.83 bits per heavy atom. The third-order valence-electron chi connectivity index (χ3n) is 5.67. The Morgan fingerprint density at radius 1 is 1.11 bits per heavy atom. The number of benzene rings is 1. The van der Waals surface area contributed by atoms with Gasteiger partial charge in [-0.3, -0.25) is 14.9 Å². The standard InChI is InChI=1S/C25H18FN7OS/c1-2-21(34)29-15-8-13(10-27-12-15)14-9-17-23(32-33-24(17)28-11-14)25-30-18-5-3-4-16(22(18)31-25)19-6-7-20(26)35-19/h3-12H,2H2,1H3,(H,29,34)(H,30,31)(H,28,32,33). The number of rotatable bonds is 5. The van der Waals surface area contributed by atoms with Crippen molar-refractivity contribution in [2.45, 2.75) is 13.3 Å². The first-order chi connectivity index (χ1) is 17.1. The van der Waals surface area contributed by atoms with E-state index in [4.69, 9.17) is 4.98 Å². The number of fused-ring (bicyclic) bond motifs is 2. The highest BCUT2D eigenvalue weighted by molar-refractivity contribution is 7.14. The van der Waals surface area contributed by atoms with Crippen LogP contribution in [0.1, 0.15) is 13.3 Å². The zero-order valence-corrected chi connectivity index (χ0v) is 19.3. The number of H-pyrrole nitrogens is 2. The number of hydrogen-bond donors (Lipinski definition) is 3. The van der Waals surface area contributed by atoms with Crippen LogP contribution in [-0.4, -0.2) is 36.0 Å². The molecule has 0 aliphatic carbocycles. The van der Waals surface area contributed by atoms with Crippen molar-refractivity contribution in [2.24, 2.45) is 0 Å². The minimum Gasteiger partial charge on any atom is -0.337 e. The molecule has 35 heavy (non-hydrogen) atoms. The van der Waals surface area contributed by atoms with Gasteiger partial charge in [-0.25, -0.2) is 9.97 Å². The molecule has 0 bridgehead atoms. The van der Waals surface area contributed by atoms with Crippen LogP contribution in [0, 0.1) is 5.13 Å². The third kappa shape index (κ3) is 3.83. The van der Waals surface area contributed by atoms with Gasteiger partial charge in [-0.15, -0.1) is 11.3 Å². The van der Waals surface area contributed by atoms with Crippen molar-refractivity contribution in [3.8, 4) is 33.1 Å². The first-order valence-electron chi connectivity index (χ1n) is 10.9. The van der Waals surface area contributed by atoms with Gasteiger partial charge in [0.15, 0.2) is 16.6 Å². The van der Waals surface area contributed by atoms with Crippen molar-refractivity contribution in [2.75, 3.05) is 5.32 Å². The lowest BCUT2D eigenvalue weighted by atomic mass is 10.1. The quantitative estimate of drug-likeness (QED) is 0.288. The average molecular weight is 484 g/mol. The molecule has 6 aromatic rings. The molecule has 0 fully saturated rings. The van der Waals surface area contributed by atoms with Crippen LogP contribution in [0.5, 0.6) is 0 Å². The Kier molecular flexibility index (Phi) is 5.07. The number of hydrogen-bond acceptors (Lipinski definition) is 6. The SMILES string of the molecule is CCC(=O)Nc1cncc(-c2cnc3[nH]nc(-c4nc5c(-c6ccc(F)s6)cccc5[nH]4)c3c2)c1. The van der Waals surface area contributed by atoms with Crippen molar-refractivity contribution < 1.29 is 9.18 Å². The summed E-state index contributed by atoms with van der Waals surface area (Å²) in [7, 11) is 0. The van der Waals surface area contributed by atoms with Crippen LogP contribution in [0.15, 0.2) is 61.1 Å². The largest absolute Gasteiger partial charge is 0.337 e. The van der Waals surface area contributed by atoms with Crippen molar-refractivity contribution in [1.29, 1.82) is 0 Å². The molecule has 6 rings (SSSR count). The van der Waals surface area contributed by atoms with Gasteiger partial charge < -0.3 is 10.3 Å². The van der Waals surface area contributed by atoms with Crippen LogP contribution < -0.4 is 5.32 Å². The van der Waals surface area contributed by atoms with Crippen LogP contribution in [0.25, 0.3) is 55.2 Å². The van der Waals surface area contributed by atoms with E-state index in [0.29, 0.717) is 29.3 Å². The van der Waals surface area contributed by atoms with Crippen molar-refractivity contribution >= 4 is 45.0 Å². The second kappa shape index (κ2) is 8.41. The summed E-state index contributed by atoms with van der Waals surface area (Å²) < 4.78 is 13.6. The fourth-order valence-corrected chi connectivity index (χ4v) is 4.72. The van der Waals surface area contributed by atoms with E-state index in [1.54, 1.807) is 31.6 Å². The van der Waals surface area contributed by atoms with Gasteiger partial charge in [0.25, 0.3) is 0 Å². The normalized spacial score (nSPS) is 11.4. The number of amides is 1. The molecule has 0 aliphatic heterocycles. The number of halogens is 1. The molecule has 0 radical (unpaired) electrons. The van der Waals surface area contributed by atoms with Gasteiger partial charge in [0.1, 0.15) is 5.69 Å². The Bertz CT molecular complexity index is 1720. The van der Waals surface area contributed by atoms with Crippen LogP contribution in [0.4, 0.5) is 10.1 Å². The summed E-state index contributed by atoms with van der Waals surface area (Å²) in [6.07, 6.45) is 5.45. The van der Waals surface area contributed by atoms with Gasteiger partial charge in [-0.05, 0) is 30.3 Å². The number of pyridine rings is 2. The molecule has 10 heteroatoms. The summed E-state index contributed by atoms with van der Waals surface area (Å²) in [6, 6.07) is 12.8. The van der Waals surface area contributed by atoms with E-state index < -0.39 is 0 Å². The van der Waals surface area contributed by atoms with Gasteiger partial charge in [-0.2, -0.15) is 9.49 Å². The number of imidazole rings is 1. The molecule has 0 unspecified atom stereocenters. The Labute approximate surface area is 202 Å². The molecule has 1 aromatic carbocycles. The Hall–Kier alpha value is -4.44. The lowest BCUT2D eigenvalue weighted by Gasteiger charge is -2.06. The Morgan fingerprint density at radius 2 is 2.00 bits per heavy atom. The minimum absolute atomic E-state index is 0.0795. The topological polar surface area (TPSA) is 112 Å². The predicted octanol–water partition coefficient (Wildman–Crippen LogP) is 5.78. The van der Waals surface area contributed by atoms with Crippen LogP contribution in [-0.2, 0) is 4.79 Å². The minimum atomic E-state index is -0.238. The number of carbonyl (C=O) groups excluding carboxylic acids is 1. The molecular formula is C25H18FN7OS. The highest BCUT2D eigenvalue weighted by Gasteiger charge is 2.17. The smallest absolute Gasteiger partial charge is 0.224 e. The van der Waals surface area contributed by atoms with E-state index >= 15 is 0 Å². The number of aromatic nitrogens is 6. The first kappa shape index (κ1) is 21.1. The van der Waals surface area contributed by atoms with E-state index in [9.17, 15) is 9.18 Å². The fourth-order valence-electron chi connectivity index (χ4n) is 3.96. The van der Waals surface area contributed by atoms with Crippen molar-refractivity contribution in [3.05, 3.63) is 66.2 Å². The highest BCUT2D eigenvalue weighted by atomic mass is 32.1. The highest BCUT2D eigenvalue weighted by Crippen LogP contribution is 2.35. The van der Waals surface area contributed by atoms with E-state index in [2.05, 4.69) is 30.5 Å². The van der Waals surface area contributed by atoms with Gasteiger partial charge in [0.05, 0.1) is 28.3 Å². The molecule has 3 N–H and O–H groups in total. The lowest BCUT2D eigenvalue weighted by molar-refractivity contribution is -0.115. The number of nitrogens with one attached hydrogen (secondary N) is 3. The number of carbonyl (C=O) groups is 1. The average Bonchev–Trinajstić information content (AvgIpc) is 3.61. The number of aromatic amines is 2. The van der Waals surface area contributed by atoms with Gasteiger partial charge >= 0.3 is 0 Å². The molecule has 0 atom stereocenters. The molecule has 172 valence electrons. The van der Waals surface area contributed by atoms with Gasteiger partial charge in [0.2, 0.25) is 5.91 Å². The maximum Gasteiger partial charge on any atom is 0.224 e. The molecular weight excluding hydrogens is 465 g/mol. The number of thiophene rings is 1. The number of para-hydroxylation sites is 1. The van der Waals surface area contributed by atoms with E-state index in [0.717, 1.165) is 49.3 Å². The predicted molar refractivity (Wildman–Crippen MR) is 134 cm³/mol. The van der Waals surface area contributed by atoms with E-state index in [-0.39, 0.29) is 11.0 Å². The Balaban J connectivity index is 1.43. The molecule has 5 heterocycles. The second-order valence-corrected chi connectivity index (χ2v) is 8.98. The summed E-state index contributed by atoms with van der Waals surface area (Å²) in [6.45, 7) is 1.80. The molecule has 0 spiro atoms. The van der Waals surface area contributed by atoms with Crippen molar-refractivity contribution in [3.63, 3.8) is 0 Å². The summed E-state index contributed by atoms with van der Waals surface area (Å²) in [5, 5.41) is 10.8. The van der Waals surface area contributed by atoms with Crippen LogP contribution >= 0.6 is 11.3 Å². The zero-order valence-electron chi connectivity index (χ0n) is 18.5. The monoisotopic (exact) mass is 483 g/mol. The molecule has 8 nitrogen and oxygen atoms in total. The van der Waals surface area contributed by atoms with Crippen LogP contribution in [0.3, 0.4) is 0 Å². The first-order valence-corrected chi connectivity index (χ1v) is 11.7. The van der Waals surface area contributed by atoms with E-state index in [1.807, 2.05) is 30.3 Å². The summed E-state index contributed by atoms with van der Waals surface area (Å²) in [5.74, 6) is 0.501. The van der Waals surface area contributed by atoms with Crippen molar-refractivity contribution in [1.82, 2.24) is 30.1 Å². The maximum absolute atomic E-state index is 13.6.